The molecule has 7 nitrogen and oxygen atoms in total. The van der Waals surface area contributed by atoms with Gasteiger partial charge in [0.15, 0.2) is 0 Å². The van der Waals surface area contributed by atoms with Crippen LogP contribution in [0.3, 0.4) is 0 Å². The first-order valence-corrected chi connectivity index (χ1v) is 11.7. The fraction of sp³-hybridized carbons (Fsp3) is 0.625. The second-order valence-corrected chi connectivity index (χ2v) is 8.92. The number of amides is 2. The van der Waals surface area contributed by atoms with E-state index in [1.165, 1.54) is 45.2 Å². The number of piperidine rings is 2. The normalized spacial score (nSPS) is 26.4. The predicted molar refractivity (Wildman–Crippen MR) is 118 cm³/mol. The van der Waals surface area contributed by atoms with E-state index in [1.807, 2.05) is 0 Å². The minimum Gasteiger partial charge on any atom is -0.462 e. The van der Waals surface area contributed by atoms with Crippen LogP contribution in [0.15, 0.2) is 24.3 Å². The molecule has 2 amide bonds. The summed E-state index contributed by atoms with van der Waals surface area (Å²) in [5, 5.41) is 3.15. The maximum Gasteiger partial charge on any atom is 0.338 e. The lowest BCUT2D eigenvalue weighted by molar-refractivity contribution is -0.126. The van der Waals surface area contributed by atoms with Gasteiger partial charge < -0.3 is 19.9 Å². The molecule has 1 unspecified atom stereocenters. The van der Waals surface area contributed by atoms with E-state index in [-0.39, 0.29) is 30.1 Å². The van der Waals surface area contributed by atoms with E-state index in [2.05, 4.69) is 10.2 Å². The van der Waals surface area contributed by atoms with Crippen molar-refractivity contribution in [1.82, 2.24) is 10.2 Å². The third-order valence-corrected chi connectivity index (χ3v) is 6.95. The van der Waals surface area contributed by atoms with E-state index in [0.717, 1.165) is 0 Å². The summed E-state index contributed by atoms with van der Waals surface area (Å²) < 4.78 is 5.00. The highest BCUT2D eigenvalue weighted by molar-refractivity contribution is 6.00. The lowest BCUT2D eigenvalue weighted by atomic mass is 9.83. The van der Waals surface area contributed by atoms with Crippen LogP contribution in [0.4, 0.5) is 5.69 Å². The van der Waals surface area contributed by atoms with Crippen molar-refractivity contribution >= 4 is 23.5 Å². The van der Waals surface area contributed by atoms with Crippen LogP contribution in [0.2, 0.25) is 0 Å². The third-order valence-electron chi connectivity index (χ3n) is 6.95. The summed E-state index contributed by atoms with van der Waals surface area (Å²) in [5.41, 5.74) is 1.16. The zero-order valence-electron chi connectivity index (χ0n) is 18.3. The number of carbonyl (C=O) groups excluding carboxylic acids is 3. The number of fused-ring (bicyclic) bond motifs is 1. The van der Waals surface area contributed by atoms with Gasteiger partial charge in [0.1, 0.15) is 0 Å². The Bertz CT molecular complexity index is 808. The lowest BCUT2D eigenvalue weighted by Gasteiger charge is -2.44. The third kappa shape index (κ3) is 4.92. The summed E-state index contributed by atoms with van der Waals surface area (Å²) in [4.78, 5) is 41.4. The number of ether oxygens (including phenoxy) is 1. The molecule has 3 heterocycles. The van der Waals surface area contributed by atoms with Crippen molar-refractivity contribution in [2.75, 3.05) is 37.7 Å². The van der Waals surface area contributed by atoms with Gasteiger partial charge in [0.05, 0.1) is 18.1 Å². The van der Waals surface area contributed by atoms with Crippen molar-refractivity contribution in [3.8, 4) is 0 Å². The Labute approximate surface area is 184 Å². The summed E-state index contributed by atoms with van der Waals surface area (Å²) in [5.74, 6) is -0.268. The Morgan fingerprint density at radius 1 is 1.10 bits per heavy atom. The number of nitrogens with one attached hydrogen (secondary N) is 1. The van der Waals surface area contributed by atoms with Crippen LogP contribution >= 0.6 is 0 Å². The number of hydrogen-bond acceptors (Lipinski definition) is 5. The monoisotopic (exact) mass is 427 g/mol. The highest BCUT2D eigenvalue weighted by Crippen LogP contribution is 2.31. The largest absolute Gasteiger partial charge is 0.462 e. The van der Waals surface area contributed by atoms with E-state index in [4.69, 9.17) is 4.74 Å². The molecule has 7 heteroatoms. The zero-order valence-corrected chi connectivity index (χ0v) is 18.3. The topological polar surface area (TPSA) is 79.0 Å². The highest BCUT2D eigenvalue weighted by Gasteiger charge is 2.37. The SMILES string of the molecule is CCOC(=O)c1ccc(N2CC(C(=O)NC[C@@H]3CCCN4CCCC[C@H]34)CC2=O)cc1. The van der Waals surface area contributed by atoms with Crippen LogP contribution in [0.5, 0.6) is 0 Å². The Morgan fingerprint density at radius 3 is 2.65 bits per heavy atom. The summed E-state index contributed by atoms with van der Waals surface area (Å²) >= 11 is 0. The minimum atomic E-state index is -0.377. The zero-order chi connectivity index (χ0) is 21.8. The van der Waals surface area contributed by atoms with Crippen molar-refractivity contribution < 1.29 is 19.1 Å². The molecule has 31 heavy (non-hydrogen) atoms. The molecule has 0 aromatic heterocycles. The quantitative estimate of drug-likeness (QED) is 0.706. The van der Waals surface area contributed by atoms with Gasteiger partial charge in [-0.25, -0.2) is 4.79 Å². The number of hydrogen-bond donors (Lipinski definition) is 1. The smallest absolute Gasteiger partial charge is 0.338 e. The molecule has 168 valence electrons. The molecule has 0 spiro atoms. The summed E-state index contributed by atoms with van der Waals surface area (Å²) in [6.07, 6.45) is 6.41. The van der Waals surface area contributed by atoms with Gasteiger partial charge in [0, 0.05) is 31.2 Å². The van der Waals surface area contributed by atoms with Gasteiger partial charge in [-0.3, -0.25) is 9.59 Å². The standard InChI is InChI=1S/C24H33N3O4/c1-2-31-24(30)17-8-10-20(11-9-17)27-16-19(14-22(27)28)23(29)25-15-18-6-5-13-26-12-4-3-7-21(18)26/h8-11,18-19,21H,2-7,12-16H2,1H3,(H,25,29)/t18-,19?,21+/m0/s1. The van der Waals surface area contributed by atoms with Crippen molar-refractivity contribution in [1.29, 1.82) is 0 Å². The second kappa shape index (κ2) is 9.81. The first kappa shape index (κ1) is 21.8. The maximum absolute atomic E-state index is 12.8. The van der Waals surface area contributed by atoms with Gasteiger partial charge in [-0.15, -0.1) is 0 Å². The Kier molecular flexibility index (Phi) is 6.90. The van der Waals surface area contributed by atoms with Crippen LogP contribution in [-0.4, -0.2) is 61.5 Å². The first-order chi connectivity index (χ1) is 15.1. The van der Waals surface area contributed by atoms with Gasteiger partial charge >= 0.3 is 5.97 Å². The van der Waals surface area contributed by atoms with E-state index in [0.29, 0.717) is 42.9 Å². The first-order valence-electron chi connectivity index (χ1n) is 11.7. The van der Waals surface area contributed by atoms with Crippen LogP contribution in [0.25, 0.3) is 0 Å². The van der Waals surface area contributed by atoms with Crippen molar-refractivity contribution in [3.63, 3.8) is 0 Å². The molecule has 3 atom stereocenters. The Hall–Kier alpha value is -2.41. The molecular weight excluding hydrogens is 394 g/mol. The molecule has 3 aliphatic rings. The molecule has 1 aromatic carbocycles. The van der Waals surface area contributed by atoms with Gasteiger partial charge in [0.2, 0.25) is 11.8 Å². The molecule has 1 N–H and O–H groups in total. The number of rotatable bonds is 6. The fourth-order valence-electron chi connectivity index (χ4n) is 5.32. The van der Waals surface area contributed by atoms with E-state index >= 15 is 0 Å². The summed E-state index contributed by atoms with van der Waals surface area (Å²) in [6.45, 7) is 5.55. The minimum absolute atomic E-state index is 0.0214. The maximum atomic E-state index is 12.8. The van der Waals surface area contributed by atoms with E-state index < -0.39 is 0 Å². The molecule has 0 radical (unpaired) electrons. The molecule has 0 aliphatic carbocycles. The molecule has 0 saturated carbocycles. The number of nitrogens with zero attached hydrogens (tertiary/aromatic N) is 2. The van der Waals surface area contributed by atoms with Crippen LogP contribution in [-0.2, 0) is 14.3 Å². The van der Waals surface area contributed by atoms with Gasteiger partial charge in [-0.1, -0.05) is 6.42 Å². The Balaban J connectivity index is 1.31. The number of carbonyl (C=O) groups is 3. The average Bonchev–Trinajstić information content (AvgIpc) is 3.19. The highest BCUT2D eigenvalue weighted by atomic mass is 16.5. The van der Waals surface area contributed by atoms with Gasteiger partial charge in [0.25, 0.3) is 0 Å². The van der Waals surface area contributed by atoms with Crippen molar-refractivity contribution in [2.45, 2.75) is 51.5 Å². The molecular formula is C24H33N3O4. The lowest BCUT2D eigenvalue weighted by Crippen LogP contribution is -2.51. The van der Waals surface area contributed by atoms with Gasteiger partial charge in [-0.2, -0.15) is 0 Å². The van der Waals surface area contributed by atoms with Crippen LogP contribution in [0.1, 0.15) is 55.8 Å². The molecule has 3 aliphatic heterocycles. The average molecular weight is 428 g/mol. The summed E-state index contributed by atoms with van der Waals surface area (Å²) in [6, 6.07) is 7.40. The molecule has 3 fully saturated rings. The molecule has 1 aromatic rings. The van der Waals surface area contributed by atoms with Gasteiger partial charge in [-0.05, 0) is 75.9 Å². The predicted octanol–water partition coefficient (Wildman–Crippen LogP) is 2.60. The number of benzene rings is 1. The molecule has 4 rings (SSSR count). The van der Waals surface area contributed by atoms with Crippen LogP contribution < -0.4 is 10.2 Å². The molecule has 0 bridgehead atoms. The Morgan fingerprint density at radius 2 is 1.87 bits per heavy atom. The fourth-order valence-corrected chi connectivity index (χ4v) is 5.32. The van der Waals surface area contributed by atoms with Crippen molar-refractivity contribution in [2.24, 2.45) is 11.8 Å². The van der Waals surface area contributed by atoms with Crippen LogP contribution in [0, 0.1) is 11.8 Å². The van der Waals surface area contributed by atoms with Crippen molar-refractivity contribution in [3.05, 3.63) is 29.8 Å². The second-order valence-electron chi connectivity index (χ2n) is 8.92. The number of esters is 1. The van der Waals surface area contributed by atoms with E-state index in [9.17, 15) is 14.4 Å². The van der Waals surface area contributed by atoms with E-state index in [1.54, 1.807) is 36.1 Å². The summed E-state index contributed by atoms with van der Waals surface area (Å²) in [7, 11) is 0. The number of anilines is 1. The molecule has 3 saturated heterocycles.